The Balaban J connectivity index is 2.01. The van der Waals surface area contributed by atoms with Crippen molar-refractivity contribution < 1.29 is 24.2 Å². The number of carbonyl (C=O) groups excluding carboxylic acids is 2. The van der Waals surface area contributed by atoms with E-state index in [9.17, 15) is 14.7 Å². The lowest BCUT2D eigenvalue weighted by molar-refractivity contribution is -0.0266. The molecule has 1 atom stereocenters. The van der Waals surface area contributed by atoms with Gasteiger partial charge >= 0.3 is 12.2 Å². The van der Waals surface area contributed by atoms with Crippen LogP contribution in [0.4, 0.5) is 9.59 Å². The lowest BCUT2D eigenvalue weighted by Crippen LogP contribution is -2.47. The molecule has 1 saturated heterocycles. The third kappa shape index (κ3) is 4.86. The molecule has 2 amide bonds. The maximum absolute atomic E-state index is 12.3. The van der Waals surface area contributed by atoms with Crippen molar-refractivity contribution in [2.75, 3.05) is 19.7 Å². The molecule has 7 nitrogen and oxygen atoms in total. The van der Waals surface area contributed by atoms with Crippen molar-refractivity contribution in [3.05, 3.63) is 35.9 Å². The number of amides is 2. The lowest BCUT2D eigenvalue weighted by atomic mass is 10.2. The first-order valence-corrected chi connectivity index (χ1v) is 7.89. The van der Waals surface area contributed by atoms with Gasteiger partial charge in [-0.2, -0.15) is 0 Å². The van der Waals surface area contributed by atoms with Gasteiger partial charge in [-0.05, 0) is 26.3 Å². The summed E-state index contributed by atoms with van der Waals surface area (Å²) in [7, 11) is 0. The van der Waals surface area contributed by atoms with Crippen LogP contribution in [-0.4, -0.2) is 52.6 Å². The van der Waals surface area contributed by atoms with Crippen LogP contribution in [0.2, 0.25) is 0 Å². The van der Waals surface area contributed by atoms with E-state index < -0.39 is 17.8 Å². The van der Waals surface area contributed by atoms with Gasteiger partial charge in [0.05, 0.1) is 13.1 Å². The predicted octanol–water partition coefficient (Wildman–Crippen LogP) is 2.40. The minimum atomic E-state index is -0.673. The molecule has 1 aromatic rings. The Hall–Kier alpha value is -2.28. The highest BCUT2D eigenvalue weighted by Crippen LogP contribution is 2.21. The van der Waals surface area contributed by atoms with Crippen molar-refractivity contribution in [3.63, 3.8) is 0 Å². The zero-order valence-electron chi connectivity index (χ0n) is 14.3. The van der Waals surface area contributed by atoms with Crippen molar-refractivity contribution in [2.45, 2.75) is 33.0 Å². The molecule has 1 aliphatic heterocycles. The number of aliphatic hydroxyl groups excluding tert-OH is 1. The summed E-state index contributed by atoms with van der Waals surface area (Å²) in [5.74, 6) is -0.221. The number of carbonyl (C=O) groups is 2. The molecule has 1 fully saturated rings. The summed E-state index contributed by atoms with van der Waals surface area (Å²) in [4.78, 5) is 24.6. The van der Waals surface area contributed by atoms with Gasteiger partial charge in [-0.15, -0.1) is 0 Å². The molecule has 132 valence electrons. The van der Waals surface area contributed by atoms with Gasteiger partial charge in [0, 0.05) is 12.5 Å². The van der Waals surface area contributed by atoms with Crippen LogP contribution in [0.1, 0.15) is 26.3 Å². The molecular formula is C17H24N2O5. The van der Waals surface area contributed by atoms with Crippen LogP contribution in [0.25, 0.3) is 0 Å². The third-order valence-electron chi connectivity index (χ3n) is 3.43. The van der Waals surface area contributed by atoms with Gasteiger partial charge in [0.25, 0.3) is 0 Å². The summed E-state index contributed by atoms with van der Waals surface area (Å²) >= 11 is 0. The quantitative estimate of drug-likeness (QED) is 0.917. The molecular weight excluding hydrogens is 312 g/mol. The number of hydrogen-bond donors (Lipinski definition) is 1. The summed E-state index contributed by atoms with van der Waals surface area (Å²) in [6, 6.07) is 9.28. The predicted molar refractivity (Wildman–Crippen MR) is 86.8 cm³/mol. The summed E-state index contributed by atoms with van der Waals surface area (Å²) < 4.78 is 10.6. The van der Waals surface area contributed by atoms with Crippen LogP contribution in [0.5, 0.6) is 0 Å². The fourth-order valence-corrected chi connectivity index (χ4v) is 2.31. The van der Waals surface area contributed by atoms with Gasteiger partial charge in [0.1, 0.15) is 12.2 Å². The molecule has 1 heterocycles. The SMILES string of the molecule is CC(C)(C)OC(=O)N1CC(CO)CN1C(=O)OCc1ccccc1. The van der Waals surface area contributed by atoms with E-state index in [1.165, 1.54) is 10.0 Å². The van der Waals surface area contributed by atoms with Crippen molar-refractivity contribution in [1.29, 1.82) is 0 Å². The zero-order valence-corrected chi connectivity index (χ0v) is 14.3. The van der Waals surface area contributed by atoms with Crippen LogP contribution < -0.4 is 0 Å². The van der Waals surface area contributed by atoms with Gasteiger partial charge in [-0.25, -0.2) is 19.6 Å². The molecule has 0 radical (unpaired) electrons. The molecule has 1 aliphatic rings. The second-order valence-corrected chi connectivity index (χ2v) is 6.73. The zero-order chi connectivity index (χ0) is 17.7. The standard InChI is InChI=1S/C17H24N2O5/c1-17(2,3)24-16(22)19-10-14(11-20)9-18(19)15(21)23-12-13-7-5-4-6-8-13/h4-8,14,20H,9-12H2,1-3H3. The average molecular weight is 336 g/mol. The Labute approximate surface area is 141 Å². The first kappa shape index (κ1) is 18.1. The van der Waals surface area contributed by atoms with Crippen molar-refractivity contribution >= 4 is 12.2 Å². The van der Waals surface area contributed by atoms with E-state index in [1.54, 1.807) is 20.8 Å². The summed E-state index contributed by atoms with van der Waals surface area (Å²) in [5.41, 5.74) is 0.182. The number of aliphatic hydroxyl groups is 1. The number of benzene rings is 1. The van der Waals surface area contributed by atoms with Crippen molar-refractivity contribution in [3.8, 4) is 0 Å². The number of hydrogen-bond acceptors (Lipinski definition) is 5. The van der Waals surface area contributed by atoms with Crippen molar-refractivity contribution in [1.82, 2.24) is 10.0 Å². The van der Waals surface area contributed by atoms with Crippen LogP contribution in [-0.2, 0) is 16.1 Å². The minimum absolute atomic E-state index is 0.113. The average Bonchev–Trinajstić information content (AvgIpc) is 2.96. The molecule has 1 aromatic carbocycles. The van der Waals surface area contributed by atoms with Crippen LogP contribution >= 0.6 is 0 Å². The number of ether oxygens (including phenoxy) is 2. The summed E-state index contributed by atoms with van der Waals surface area (Å²) in [6.45, 7) is 5.67. The molecule has 7 heteroatoms. The van der Waals surface area contributed by atoms with E-state index in [2.05, 4.69) is 0 Å². The largest absolute Gasteiger partial charge is 0.443 e. The molecule has 0 bridgehead atoms. The maximum Gasteiger partial charge on any atom is 0.429 e. The molecule has 0 spiro atoms. The molecule has 2 rings (SSSR count). The first-order valence-electron chi connectivity index (χ1n) is 7.89. The van der Waals surface area contributed by atoms with Crippen LogP contribution in [0.3, 0.4) is 0 Å². The normalized spacial score (nSPS) is 17.8. The minimum Gasteiger partial charge on any atom is -0.443 e. The maximum atomic E-state index is 12.3. The Kier molecular flexibility index (Phi) is 5.66. The number of hydrazine groups is 1. The fourth-order valence-electron chi connectivity index (χ4n) is 2.31. The van der Waals surface area contributed by atoms with Gasteiger partial charge < -0.3 is 14.6 Å². The second-order valence-electron chi connectivity index (χ2n) is 6.73. The highest BCUT2D eigenvalue weighted by molar-refractivity contribution is 5.75. The van der Waals surface area contributed by atoms with Crippen LogP contribution in [0.15, 0.2) is 30.3 Å². The number of rotatable bonds is 3. The van der Waals surface area contributed by atoms with E-state index in [1.807, 2.05) is 30.3 Å². The van der Waals surface area contributed by atoms with E-state index in [0.29, 0.717) is 0 Å². The van der Waals surface area contributed by atoms with E-state index in [0.717, 1.165) is 5.56 Å². The monoisotopic (exact) mass is 336 g/mol. The Bertz CT molecular complexity index is 570. The fraction of sp³-hybridized carbons (Fsp3) is 0.529. The Morgan fingerprint density at radius 1 is 1.12 bits per heavy atom. The highest BCUT2D eigenvalue weighted by atomic mass is 16.6. The first-order chi connectivity index (χ1) is 11.3. The smallest absolute Gasteiger partial charge is 0.429 e. The molecule has 0 aliphatic carbocycles. The Morgan fingerprint density at radius 3 is 2.25 bits per heavy atom. The topological polar surface area (TPSA) is 79.3 Å². The van der Waals surface area contributed by atoms with Gasteiger partial charge in [0.2, 0.25) is 0 Å². The molecule has 0 saturated carbocycles. The van der Waals surface area contributed by atoms with Gasteiger partial charge in [-0.3, -0.25) is 0 Å². The summed E-state index contributed by atoms with van der Waals surface area (Å²) in [5, 5.41) is 11.7. The van der Waals surface area contributed by atoms with E-state index >= 15 is 0 Å². The van der Waals surface area contributed by atoms with Gasteiger partial charge in [0.15, 0.2) is 0 Å². The van der Waals surface area contributed by atoms with E-state index in [4.69, 9.17) is 9.47 Å². The van der Waals surface area contributed by atoms with Crippen LogP contribution in [0, 0.1) is 5.92 Å². The molecule has 1 unspecified atom stereocenters. The molecule has 24 heavy (non-hydrogen) atoms. The molecule has 0 aromatic heterocycles. The van der Waals surface area contributed by atoms with Crippen molar-refractivity contribution in [2.24, 2.45) is 5.92 Å². The third-order valence-corrected chi connectivity index (χ3v) is 3.43. The lowest BCUT2D eigenvalue weighted by Gasteiger charge is -2.29. The second kappa shape index (κ2) is 7.53. The Morgan fingerprint density at radius 2 is 1.71 bits per heavy atom. The number of nitrogens with zero attached hydrogens (tertiary/aromatic N) is 2. The summed E-state index contributed by atoms with van der Waals surface area (Å²) in [6.07, 6.45) is -1.27. The van der Waals surface area contributed by atoms with Gasteiger partial charge in [-0.1, -0.05) is 30.3 Å². The highest BCUT2D eigenvalue weighted by Gasteiger charge is 2.39. The van der Waals surface area contributed by atoms with E-state index in [-0.39, 0.29) is 32.2 Å². The molecule has 1 N–H and O–H groups in total.